The fourth-order valence-corrected chi connectivity index (χ4v) is 2.04. The van der Waals surface area contributed by atoms with Gasteiger partial charge in [-0.1, -0.05) is 19.9 Å². The van der Waals surface area contributed by atoms with Crippen LogP contribution in [0.15, 0.2) is 22.6 Å². The van der Waals surface area contributed by atoms with E-state index in [-0.39, 0.29) is 11.8 Å². The molecule has 2 aromatic rings. The van der Waals surface area contributed by atoms with Crippen molar-refractivity contribution in [2.24, 2.45) is 5.41 Å². The van der Waals surface area contributed by atoms with Crippen molar-refractivity contribution in [1.82, 2.24) is 4.98 Å². The molecular weight excluding hydrogens is 230 g/mol. The smallest absolute Gasteiger partial charge is 0.303 e. The number of hydrogen-bond donors (Lipinski definition) is 1. The molecule has 18 heavy (non-hydrogen) atoms. The lowest BCUT2D eigenvalue weighted by molar-refractivity contribution is -0.139. The Hall–Kier alpha value is -1.84. The lowest BCUT2D eigenvalue weighted by atomic mass is 9.86. The summed E-state index contributed by atoms with van der Waals surface area (Å²) in [5.74, 6) is -0.200. The number of fused-ring (bicyclic) bond motifs is 1. The van der Waals surface area contributed by atoms with E-state index in [1.165, 1.54) is 0 Å². The van der Waals surface area contributed by atoms with Crippen molar-refractivity contribution in [2.45, 2.75) is 33.6 Å². The summed E-state index contributed by atoms with van der Waals surface area (Å²) in [5, 5.41) is 8.85. The van der Waals surface area contributed by atoms with E-state index in [4.69, 9.17) is 9.52 Å². The summed E-state index contributed by atoms with van der Waals surface area (Å²) in [5.41, 5.74) is 2.34. The summed E-state index contributed by atoms with van der Waals surface area (Å²) < 4.78 is 5.66. The van der Waals surface area contributed by atoms with E-state index in [1.807, 2.05) is 39.0 Å². The van der Waals surface area contributed by atoms with Gasteiger partial charge < -0.3 is 9.52 Å². The second-order valence-electron chi connectivity index (χ2n) is 5.49. The SMILES string of the molecule is Cc1ccc2nc(CC(C)(C)CC(=O)O)oc2c1. The van der Waals surface area contributed by atoms with Gasteiger partial charge in [0.2, 0.25) is 0 Å². The third kappa shape index (κ3) is 2.88. The van der Waals surface area contributed by atoms with Gasteiger partial charge in [-0.05, 0) is 30.0 Å². The second-order valence-corrected chi connectivity index (χ2v) is 5.49. The van der Waals surface area contributed by atoms with Crippen LogP contribution in [0.5, 0.6) is 0 Å². The number of aryl methyl sites for hydroxylation is 1. The number of aromatic nitrogens is 1. The first-order valence-electron chi connectivity index (χ1n) is 5.94. The van der Waals surface area contributed by atoms with Crippen LogP contribution < -0.4 is 0 Å². The fourth-order valence-electron chi connectivity index (χ4n) is 2.04. The van der Waals surface area contributed by atoms with Gasteiger partial charge in [-0.25, -0.2) is 4.98 Å². The molecular formula is C14H17NO3. The van der Waals surface area contributed by atoms with E-state index in [2.05, 4.69) is 4.98 Å². The molecule has 1 aromatic heterocycles. The van der Waals surface area contributed by atoms with E-state index < -0.39 is 5.97 Å². The molecule has 0 bridgehead atoms. The molecule has 0 saturated carbocycles. The summed E-state index contributed by atoms with van der Waals surface area (Å²) in [6.07, 6.45) is 0.623. The van der Waals surface area contributed by atoms with Crippen LogP contribution in [0.25, 0.3) is 11.1 Å². The molecule has 0 radical (unpaired) electrons. The Morgan fingerprint density at radius 1 is 1.44 bits per heavy atom. The van der Waals surface area contributed by atoms with Gasteiger partial charge in [0.1, 0.15) is 5.52 Å². The maximum absolute atomic E-state index is 10.8. The van der Waals surface area contributed by atoms with Gasteiger partial charge in [0, 0.05) is 6.42 Å². The predicted molar refractivity (Wildman–Crippen MR) is 68.5 cm³/mol. The first-order valence-corrected chi connectivity index (χ1v) is 5.94. The highest BCUT2D eigenvalue weighted by Gasteiger charge is 2.24. The standard InChI is InChI=1S/C14H17NO3/c1-9-4-5-10-11(6-9)18-12(15-10)7-14(2,3)8-13(16)17/h4-6H,7-8H2,1-3H3,(H,16,17). The van der Waals surface area contributed by atoms with Crippen LogP contribution in [-0.4, -0.2) is 16.1 Å². The number of oxazole rings is 1. The number of hydrogen-bond acceptors (Lipinski definition) is 3. The number of carboxylic acid groups (broad SMARTS) is 1. The van der Waals surface area contributed by atoms with Crippen LogP contribution in [0.2, 0.25) is 0 Å². The number of rotatable bonds is 4. The molecule has 1 aromatic carbocycles. The molecule has 0 aliphatic rings. The lowest BCUT2D eigenvalue weighted by Gasteiger charge is -2.19. The van der Waals surface area contributed by atoms with Crippen molar-refractivity contribution < 1.29 is 14.3 Å². The first-order chi connectivity index (χ1) is 8.35. The maximum atomic E-state index is 10.8. The quantitative estimate of drug-likeness (QED) is 0.901. The molecule has 2 rings (SSSR count). The Bertz CT molecular complexity index is 584. The Morgan fingerprint density at radius 3 is 2.83 bits per heavy atom. The van der Waals surface area contributed by atoms with Crippen LogP contribution in [0.1, 0.15) is 31.7 Å². The van der Waals surface area contributed by atoms with E-state index in [1.54, 1.807) is 0 Å². The molecule has 96 valence electrons. The predicted octanol–water partition coefficient (Wildman–Crippen LogP) is 3.18. The molecule has 0 amide bonds. The number of benzene rings is 1. The summed E-state index contributed by atoms with van der Waals surface area (Å²) in [6, 6.07) is 5.84. The molecule has 4 heteroatoms. The van der Waals surface area contributed by atoms with Gasteiger partial charge in [0.05, 0.1) is 6.42 Å². The molecule has 1 heterocycles. The van der Waals surface area contributed by atoms with E-state index in [9.17, 15) is 4.79 Å². The first kappa shape index (κ1) is 12.6. The Morgan fingerprint density at radius 2 is 2.17 bits per heavy atom. The Kier molecular flexibility index (Phi) is 3.11. The highest BCUT2D eigenvalue weighted by Crippen LogP contribution is 2.27. The highest BCUT2D eigenvalue weighted by atomic mass is 16.4. The van der Waals surface area contributed by atoms with Crippen LogP contribution in [0.4, 0.5) is 0 Å². The summed E-state index contributed by atoms with van der Waals surface area (Å²) in [7, 11) is 0. The number of aliphatic carboxylic acids is 1. The highest BCUT2D eigenvalue weighted by molar-refractivity contribution is 5.73. The molecule has 0 atom stereocenters. The molecule has 0 spiro atoms. The van der Waals surface area contributed by atoms with Gasteiger partial charge in [0.15, 0.2) is 11.5 Å². The van der Waals surface area contributed by atoms with Crippen molar-refractivity contribution >= 4 is 17.1 Å². The van der Waals surface area contributed by atoms with Crippen molar-refractivity contribution in [2.75, 3.05) is 0 Å². The monoisotopic (exact) mass is 247 g/mol. The van der Waals surface area contributed by atoms with Gasteiger partial charge in [-0.2, -0.15) is 0 Å². The van der Waals surface area contributed by atoms with Gasteiger partial charge >= 0.3 is 5.97 Å². The fraction of sp³-hybridized carbons (Fsp3) is 0.429. The molecule has 0 aliphatic heterocycles. The van der Waals surface area contributed by atoms with E-state index in [0.29, 0.717) is 12.3 Å². The topological polar surface area (TPSA) is 63.3 Å². The number of nitrogens with zero attached hydrogens (tertiary/aromatic N) is 1. The van der Waals surface area contributed by atoms with Gasteiger partial charge in [-0.3, -0.25) is 4.79 Å². The van der Waals surface area contributed by atoms with Crippen LogP contribution >= 0.6 is 0 Å². The Balaban J connectivity index is 2.24. The summed E-state index contributed by atoms with van der Waals surface area (Å²) in [4.78, 5) is 15.2. The van der Waals surface area contributed by atoms with E-state index >= 15 is 0 Å². The summed E-state index contributed by atoms with van der Waals surface area (Å²) >= 11 is 0. The van der Waals surface area contributed by atoms with Crippen molar-refractivity contribution in [3.8, 4) is 0 Å². The van der Waals surface area contributed by atoms with Gasteiger partial charge in [0.25, 0.3) is 0 Å². The molecule has 0 unspecified atom stereocenters. The third-order valence-corrected chi connectivity index (χ3v) is 2.85. The van der Waals surface area contributed by atoms with E-state index in [0.717, 1.165) is 16.7 Å². The average molecular weight is 247 g/mol. The normalized spacial score (nSPS) is 11.9. The zero-order chi connectivity index (χ0) is 13.3. The average Bonchev–Trinajstić information content (AvgIpc) is 2.55. The van der Waals surface area contributed by atoms with Crippen LogP contribution in [0, 0.1) is 12.3 Å². The minimum Gasteiger partial charge on any atom is -0.481 e. The maximum Gasteiger partial charge on any atom is 0.303 e. The molecule has 0 fully saturated rings. The second kappa shape index (κ2) is 4.44. The zero-order valence-electron chi connectivity index (χ0n) is 10.9. The Labute approximate surface area is 106 Å². The minimum atomic E-state index is -0.799. The van der Waals surface area contributed by atoms with Crippen molar-refractivity contribution in [3.05, 3.63) is 29.7 Å². The minimum absolute atomic E-state index is 0.102. The molecule has 0 saturated heterocycles. The summed E-state index contributed by atoms with van der Waals surface area (Å²) in [6.45, 7) is 5.80. The van der Waals surface area contributed by atoms with Crippen molar-refractivity contribution in [3.63, 3.8) is 0 Å². The molecule has 4 nitrogen and oxygen atoms in total. The molecule has 1 N–H and O–H groups in total. The largest absolute Gasteiger partial charge is 0.481 e. The third-order valence-electron chi connectivity index (χ3n) is 2.85. The number of carboxylic acids is 1. The van der Waals surface area contributed by atoms with Crippen LogP contribution in [0.3, 0.4) is 0 Å². The van der Waals surface area contributed by atoms with Crippen molar-refractivity contribution in [1.29, 1.82) is 0 Å². The molecule has 0 aliphatic carbocycles. The zero-order valence-corrected chi connectivity index (χ0v) is 10.9. The number of carbonyl (C=O) groups is 1. The van der Waals surface area contributed by atoms with Gasteiger partial charge in [-0.15, -0.1) is 0 Å². The van der Waals surface area contributed by atoms with Crippen LogP contribution in [-0.2, 0) is 11.2 Å². The lowest BCUT2D eigenvalue weighted by Crippen LogP contribution is -2.19.